The molecular formula is CH3CoFeNiTi-. The molecule has 0 spiro atoms. The smallest absolute Gasteiger partial charge is 0 e. The van der Waals surface area contributed by atoms with Gasteiger partial charge in [0.05, 0.1) is 0 Å². The monoisotopic (exact) mass is 236 g/mol. The Morgan fingerprint density at radius 1 is 1.00 bits per heavy atom. The van der Waals surface area contributed by atoms with Crippen LogP contribution >= 0.6 is 0 Å². The molecule has 0 heterocycles. The molecular weight excluding hydrogens is 233 g/mol. The molecule has 0 nitrogen and oxygen atoms in total. The maximum absolute atomic E-state index is 0. The fraction of sp³-hybridized carbons (Fsp3) is 0. The molecule has 0 fully saturated rings. The molecule has 1 radical (unpaired) electrons. The molecule has 0 aromatic heterocycles. The Kier molecular flexibility index (Phi) is 386. The molecule has 0 aromatic rings. The van der Waals surface area contributed by atoms with Gasteiger partial charge >= 0.3 is 0 Å². The van der Waals surface area contributed by atoms with Crippen LogP contribution in [0, 0.1) is 7.43 Å². The summed E-state index contributed by atoms with van der Waals surface area (Å²) >= 11 is 0. The molecule has 39 valence electrons. The second-order valence-electron chi connectivity index (χ2n) is 0. The van der Waals surface area contributed by atoms with Crippen LogP contribution in [0.5, 0.6) is 0 Å². The Morgan fingerprint density at radius 2 is 1.00 bits per heavy atom. The molecule has 0 N–H and O–H groups in total. The molecule has 0 amide bonds. The summed E-state index contributed by atoms with van der Waals surface area (Å²) in [6.45, 7) is 0. The van der Waals surface area contributed by atoms with Gasteiger partial charge in [-0.25, -0.2) is 0 Å². The maximum atomic E-state index is 0. The molecule has 0 aliphatic rings. The van der Waals surface area contributed by atoms with Gasteiger partial charge < -0.3 is 7.43 Å². The average Bonchev–Trinajstić information content (AvgIpc) is 0. The van der Waals surface area contributed by atoms with Crippen LogP contribution in [0.1, 0.15) is 0 Å². The quantitative estimate of drug-likeness (QED) is 0.423. The van der Waals surface area contributed by atoms with E-state index in [1.165, 1.54) is 0 Å². The minimum atomic E-state index is 0. The van der Waals surface area contributed by atoms with Crippen molar-refractivity contribution in [2.24, 2.45) is 0 Å². The van der Waals surface area contributed by atoms with Crippen molar-refractivity contribution in [3.8, 4) is 0 Å². The van der Waals surface area contributed by atoms with E-state index in [0.29, 0.717) is 0 Å². The SMILES string of the molecule is [CH3-].[Co].[Fe].[Ni].[Ti]. The zero-order valence-corrected chi connectivity index (χ0v) is 7.20. The third-order valence-electron chi connectivity index (χ3n) is 0. The van der Waals surface area contributed by atoms with Crippen molar-refractivity contribution < 1.29 is 72.1 Å². The first-order chi connectivity index (χ1) is 0. The molecule has 0 bridgehead atoms. The largest absolute Gasteiger partial charge is 0.358 e. The standard InChI is InChI=1S/CH3.Co.Fe.Ni.Ti/h1H3;;;;/q-1;;;;. The summed E-state index contributed by atoms with van der Waals surface area (Å²) in [4.78, 5) is 0. The first kappa shape index (κ1) is 56.3. The van der Waals surface area contributed by atoms with Gasteiger partial charge in [-0.05, 0) is 0 Å². The third-order valence-corrected chi connectivity index (χ3v) is 0. The zero-order chi connectivity index (χ0) is 0. The van der Waals surface area contributed by atoms with Crippen molar-refractivity contribution in [1.29, 1.82) is 0 Å². The number of hydrogen-bond acceptors (Lipinski definition) is 0. The van der Waals surface area contributed by atoms with E-state index in [1.54, 1.807) is 0 Å². The van der Waals surface area contributed by atoms with Gasteiger partial charge in [0.25, 0.3) is 0 Å². The fourth-order valence-corrected chi connectivity index (χ4v) is 0. The van der Waals surface area contributed by atoms with E-state index in [0.717, 1.165) is 0 Å². The summed E-state index contributed by atoms with van der Waals surface area (Å²) in [5.41, 5.74) is 0. The topological polar surface area (TPSA) is 0 Å². The maximum Gasteiger partial charge on any atom is 0 e. The van der Waals surface area contributed by atoms with Crippen LogP contribution < -0.4 is 0 Å². The van der Waals surface area contributed by atoms with Gasteiger partial charge in [-0.3, -0.25) is 0 Å². The Bertz CT molecular complexity index is 11.6. The average molecular weight is 236 g/mol. The van der Waals surface area contributed by atoms with Crippen LogP contribution in [0.3, 0.4) is 0 Å². The van der Waals surface area contributed by atoms with Crippen LogP contribution in [0.4, 0.5) is 0 Å². The summed E-state index contributed by atoms with van der Waals surface area (Å²) in [7, 11) is 0. The molecule has 5 heavy (non-hydrogen) atoms. The molecule has 0 saturated heterocycles. The summed E-state index contributed by atoms with van der Waals surface area (Å²) in [5.74, 6) is 0. The second-order valence-corrected chi connectivity index (χ2v) is 0. The van der Waals surface area contributed by atoms with E-state index >= 15 is 0 Å². The third kappa shape index (κ3) is 22.4. The van der Waals surface area contributed by atoms with Gasteiger partial charge in [0.2, 0.25) is 0 Å². The molecule has 0 aliphatic carbocycles. The first-order valence-electron chi connectivity index (χ1n) is 0. The summed E-state index contributed by atoms with van der Waals surface area (Å²) in [6.07, 6.45) is 0. The molecule has 0 aliphatic heterocycles. The van der Waals surface area contributed by atoms with Gasteiger partial charge in [0.1, 0.15) is 0 Å². The molecule has 0 saturated carbocycles. The van der Waals surface area contributed by atoms with Gasteiger partial charge in [-0.15, -0.1) is 0 Å². The van der Waals surface area contributed by atoms with Crippen molar-refractivity contribution in [2.75, 3.05) is 0 Å². The summed E-state index contributed by atoms with van der Waals surface area (Å²) < 4.78 is 0. The van der Waals surface area contributed by atoms with Crippen LogP contribution in [-0.2, 0) is 72.1 Å². The predicted molar refractivity (Wildman–Crippen MR) is 6.41 cm³/mol. The van der Waals surface area contributed by atoms with Crippen LogP contribution in [0.2, 0.25) is 0 Å². The summed E-state index contributed by atoms with van der Waals surface area (Å²) in [5, 5.41) is 0. The minimum Gasteiger partial charge on any atom is -0.358 e. The van der Waals surface area contributed by atoms with Crippen molar-refractivity contribution in [3.05, 3.63) is 7.43 Å². The minimum absolute atomic E-state index is 0. The summed E-state index contributed by atoms with van der Waals surface area (Å²) in [6, 6.07) is 0. The molecule has 0 atom stereocenters. The Morgan fingerprint density at radius 3 is 1.00 bits per heavy atom. The van der Waals surface area contributed by atoms with E-state index in [1.807, 2.05) is 0 Å². The van der Waals surface area contributed by atoms with Crippen molar-refractivity contribution in [1.82, 2.24) is 0 Å². The van der Waals surface area contributed by atoms with Gasteiger partial charge in [0.15, 0.2) is 0 Å². The first-order valence-corrected chi connectivity index (χ1v) is 0. The molecule has 0 aromatic carbocycles. The van der Waals surface area contributed by atoms with Crippen LogP contribution in [0.25, 0.3) is 0 Å². The van der Waals surface area contributed by atoms with Crippen molar-refractivity contribution in [3.63, 3.8) is 0 Å². The van der Waals surface area contributed by atoms with Gasteiger partial charge in [0, 0.05) is 72.1 Å². The van der Waals surface area contributed by atoms with Crippen LogP contribution in [-0.4, -0.2) is 0 Å². The Labute approximate surface area is 78.7 Å². The van der Waals surface area contributed by atoms with E-state index in [9.17, 15) is 0 Å². The zero-order valence-electron chi connectivity index (χ0n) is 2.50. The normalized spacial score (nSPS) is 0. The van der Waals surface area contributed by atoms with E-state index in [2.05, 4.69) is 0 Å². The fourth-order valence-electron chi connectivity index (χ4n) is 0. The Hall–Kier alpha value is 2.23. The second kappa shape index (κ2) is 34.2. The molecule has 0 unspecified atom stereocenters. The van der Waals surface area contributed by atoms with E-state index in [4.69, 9.17) is 0 Å². The Balaban J connectivity index is 0. The predicted octanol–water partition coefficient (Wildman–Crippen LogP) is 0.440. The van der Waals surface area contributed by atoms with Crippen molar-refractivity contribution in [2.45, 2.75) is 0 Å². The van der Waals surface area contributed by atoms with Crippen molar-refractivity contribution >= 4 is 0 Å². The van der Waals surface area contributed by atoms with E-state index in [-0.39, 0.29) is 79.5 Å². The number of hydrogen-bond donors (Lipinski definition) is 0. The van der Waals surface area contributed by atoms with E-state index < -0.39 is 0 Å². The van der Waals surface area contributed by atoms with Gasteiger partial charge in [-0.1, -0.05) is 0 Å². The number of rotatable bonds is 0. The van der Waals surface area contributed by atoms with Crippen LogP contribution in [0.15, 0.2) is 0 Å². The van der Waals surface area contributed by atoms with Gasteiger partial charge in [-0.2, -0.15) is 0 Å². The molecule has 0 rings (SSSR count). The molecule has 4 heteroatoms.